The van der Waals surface area contributed by atoms with Gasteiger partial charge in [-0.2, -0.15) is 0 Å². The van der Waals surface area contributed by atoms with Gasteiger partial charge in [0.25, 0.3) is 5.67 Å². The summed E-state index contributed by atoms with van der Waals surface area (Å²) >= 11 is 0. The van der Waals surface area contributed by atoms with Gasteiger partial charge in [-0.15, -0.1) is 0 Å². The van der Waals surface area contributed by atoms with E-state index in [-0.39, 0.29) is 30.6 Å². The summed E-state index contributed by atoms with van der Waals surface area (Å²) < 4.78 is 24.8. The Morgan fingerprint density at radius 3 is 2.59 bits per heavy atom. The standard InChI is InChI=1S/C16H17FO5/c1-21-13-5-3-4-10(8-13)14(19)16(17,15(20)22-2)11-6-7-12(18)9-11/h3-5,8,11H,6-7,9H2,1-2H3/t11-,16+/m1/s1. The summed E-state index contributed by atoms with van der Waals surface area (Å²) in [6.45, 7) is 0. The molecule has 0 amide bonds. The summed E-state index contributed by atoms with van der Waals surface area (Å²) in [5.41, 5.74) is -2.85. The maximum atomic E-state index is 15.4. The maximum Gasteiger partial charge on any atom is 0.352 e. The molecule has 0 spiro atoms. The number of benzene rings is 1. The SMILES string of the molecule is COC(=O)[C@@](F)(C(=O)c1cccc(OC)c1)[C@@H]1CCC(=O)C1. The van der Waals surface area contributed by atoms with Gasteiger partial charge in [0.15, 0.2) is 0 Å². The van der Waals surface area contributed by atoms with Crippen molar-refractivity contribution in [3.8, 4) is 5.75 Å². The molecule has 0 bridgehead atoms. The first kappa shape index (κ1) is 16.1. The summed E-state index contributed by atoms with van der Waals surface area (Å²) in [4.78, 5) is 35.9. The highest BCUT2D eigenvalue weighted by Gasteiger charge is 2.56. The van der Waals surface area contributed by atoms with Crippen molar-refractivity contribution in [2.45, 2.75) is 24.9 Å². The number of halogens is 1. The zero-order chi connectivity index (χ0) is 16.3. The van der Waals surface area contributed by atoms with Crippen molar-refractivity contribution in [2.75, 3.05) is 14.2 Å². The number of Topliss-reactive ketones (excluding diaryl/α,β-unsaturated/α-hetero) is 2. The maximum absolute atomic E-state index is 15.4. The molecule has 5 nitrogen and oxygen atoms in total. The van der Waals surface area contributed by atoms with E-state index >= 15 is 4.39 Å². The van der Waals surface area contributed by atoms with E-state index in [9.17, 15) is 14.4 Å². The second-order valence-corrected chi connectivity index (χ2v) is 5.24. The van der Waals surface area contributed by atoms with E-state index in [2.05, 4.69) is 4.74 Å². The van der Waals surface area contributed by atoms with Crippen LogP contribution in [0.15, 0.2) is 24.3 Å². The topological polar surface area (TPSA) is 69.7 Å². The summed E-state index contributed by atoms with van der Waals surface area (Å²) in [7, 11) is 2.44. The van der Waals surface area contributed by atoms with Crippen LogP contribution >= 0.6 is 0 Å². The minimum atomic E-state index is -2.85. The van der Waals surface area contributed by atoms with Gasteiger partial charge in [0, 0.05) is 24.3 Å². The van der Waals surface area contributed by atoms with Gasteiger partial charge in [0.05, 0.1) is 14.2 Å². The first-order chi connectivity index (χ1) is 10.4. The van der Waals surface area contributed by atoms with Crippen LogP contribution in [0.1, 0.15) is 29.6 Å². The van der Waals surface area contributed by atoms with E-state index in [4.69, 9.17) is 4.74 Å². The molecule has 22 heavy (non-hydrogen) atoms. The van der Waals surface area contributed by atoms with Crippen LogP contribution in [0, 0.1) is 5.92 Å². The molecule has 0 saturated heterocycles. The molecule has 2 atom stereocenters. The third-order valence-electron chi connectivity index (χ3n) is 3.95. The molecule has 0 aromatic heterocycles. The molecule has 1 aliphatic rings. The van der Waals surface area contributed by atoms with Crippen molar-refractivity contribution < 1.29 is 28.2 Å². The highest BCUT2D eigenvalue weighted by Crippen LogP contribution is 2.38. The number of hydrogen-bond acceptors (Lipinski definition) is 5. The van der Waals surface area contributed by atoms with E-state index in [0.717, 1.165) is 7.11 Å². The Kier molecular flexibility index (Phi) is 4.59. The minimum absolute atomic E-state index is 0.00611. The van der Waals surface area contributed by atoms with Crippen LogP contribution in [0.5, 0.6) is 5.75 Å². The molecule has 0 radical (unpaired) electrons. The first-order valence-corrected chi connectivity index (χ1v) is 6.91. The summed E-state index contributed by atoms with van der Waals surface area (Å²) in [6.07, 6.45) is 0.181. The number of esters is 1. The van der Waals surface area contributed by atoms with Crippen LogP contribution in [-0.4, -0.2) is 37.4 Å². The lowest BCUT2D eigenvalue weighted by Crippen LogP contribution is -2.49. The largest absolute Gasteiger partial charge is 0.497 e. The summed E-state index contributed by atoms with van der Waals surface area (Å²) in [5.74, 6) is -3.04. The van der Waals surface area contributed by atoms with Crippen molar-refractivity contribution in [1.29, 1.82) is 0 Å². The Morgan fingerprint density at radius 1 is 1.32 bits per heavy atom. The van der Waals surface area contributed by atoms with E-state index in [1.54, 1.807) is 6.07 Å². The smallest absolute Gasteiger partial charge is 0.352 e. The fourth-order valence-electron chi connectivity index (χ4n) is 2.72. The molecule has 0 unspecified atom stereocenters. The lowest BCUT2D eigenvalue weighted by Gasteiger charge is -2.26. The molecule has 0 N–H and O–H groups in total. The molecule has 1 saturated carbocycles. The predicted octanol–water partition coefficient (Wildman–Crippen LogP) is 2.13. The molecule has 118 valence electrons. The Hall–Kier alpha value is -2.24. The monoisotopic (exact) mass is 308 g/mol. The van der Waals surface area contributed by atoms with Gasteiger partial charge in [0.1, 0.15) is 11.5 Å². The van der Waals surface area contributed by atoms with E-state index in [0.29, 0.717) is 5.75 Å². The fraction of sp³-hybridized carbons (Fsp3) is 0.438. The first-order valence-electron chi connectivity index (χ1n) is 6.91. The molecule has 1 aromatic carbocycles. The van der Waals surface area contributed by atoms with Crippen LogP contribution in [0.4, 0.5) is 4.39 Å². The molecule has 0 aliphatic heterocycles. The van der Waals surface area contributed by atoms with Crippen LogP contribution in [0.3, 0.4) is 0 Å². The Morgan fingerprint density at radius 2 is 2.05 bits per heavy atom. The fourth-order valence-corrected chi connectivity index (χ4v) is 2.72. The highest BCUT2D eigenvalue weighted by molar-refractivity contribution is 6.16. The Labute approximate surface area is 127 Å². The van der Waals surface area contributed by atoms with Gasteiger partial charge >= 0.3 is 5.97 Å². The van der Waals surface area contributed by atoms with Gasteiger partial charge in [-0.3, -0.25) is 9.59 Å². The zero-order valence-electron chi connectivity index (χ0n) is 12.4. The number of methoxy groups -OCH3 is 2. The van der Waals surface area contributed by atoms with Crippen molar-refractivity contribution in [1.82, 2.24) is 0 Å². The van der Waals surface area contributed by atoms with Crippen molar-refractivity contribution in [2.24, 2.45) is 5.92 Å². The van der Waals surface area contributed by atoms with E-state index in [1.807, 2.05) is 0 Å². The average Bonchev–Trinajstić information content (AvgIpc) is 2.99. The second-order valence-electron chi connectivity index (χ2n) is 5.24. The molecule has 1 fully saturated rings. The number of rotatable bonds is 5. The number of ketones is 2. The zero-order valence-corrected chi connectivity index (χ0v) is 12.4. The molecule has 2 rings (SSSR count). The minimum Gasteiger partial charge on any atom is -0.497 e. The number of ether oxygens (including phenoxy) is 2. The van der Waals surface area contributed by atoms with Crippen LogP contribution in [0.25, 0.3) is 0 Å². The van der Waals surface area contributed by atoms with Gasteiger partial charge in [-0.05, 0) is 18.6 Å². The third-order valence-corrected chi connectivity index (χ3v) is 3.95. The summed E-state index contributed by atoms with van der Waals surface area (Å²) in [5, 5.41) is 0. The van der Waals surface area contributed by atoms with Crippen LogP contribution in [-0.2, 0) is 14.3 Å². The van der Waals surface area contributed by atoms with Crippen molar-refractivity contribution >= 4 is 17.5 Å². The van der Waals surface area contributed by atoms with Crippen molar-refractivity contribution in [3.05, 3.63) is 29.8 Å². The molecular weight excluding hydrogens is 291 g/mol. The normalized spacial score (nSPS) is 20.3. The lowest BCUT2D eigenvalue weighted by atomic mass is 9.81. The van der Waals surface area contributed by atoms with Gasteiger partial charge < -0.3 is 9.47 Å². The lowest BCUT2D eigenvalue weighted by molar-refractivity contribution is -0.154. The molecule has 1 aliphatic carbocycles. The molecule has 6 heteroatoms. The average molecular weight is 308 g/mol. The highest BCUT2D eigenvalue weighted by atomic mass is 19.1. The molecule has 0 heterocycles. The molecular formula is C16H17FO5. The van der Waals surface area contributed by atoms with Crippen molar-refractivity contribution in [3.63, 3.8) is 0 Å². The van der Waals surface area contributed by atoms with Crippen LogP contribution in [0.2, 0.25) is 0 Å². The quantitative estimate of drug-likeness (QED) is 0.473. The van der Waals surface area contributed by atoms with Crippen LogP contribution < -0.4 is 4.74 Å². The number of carbonyl (C=O) groups excluding carboxylic acids is 3. The predicted molar refractivity (Wildman–Crippen MR) is 75.5 cm³/mol. The van der Waals surface area contributed by atoms with Gasteiger partial charge in [-0.1, -0.05) is 12.1 Å². The number of hydrogen-bond donors (Lipinski definition) is 0. The van der Waals surface area contributed by atoms with Gasteiger partial charge in [-0.25, -0.2) is 9.18 Å². The van der Waals surface area contributed by atoms with Gasteiger partial charge in [0.2, 0.25) is 5.78 Å². The van der Waals surface area contributed by atoms with E-state index in [1.165, 1.54) is 25.3 Å². The Bertz CT molecular complexity index is 612. The number of carbonyl (C=O) groups is 3. The number of alkyl halides is 1. The second kappa shape index (κ2) is 6.25. The summed E-state index contributed by atoms with van der Waals surface area (Å²) in [6, 6.07) is 5.90. The molecule has 1 aromatic rings. The Balaban J connectivity index is 2.42. The third kappa shape index (κ3) is 2.73. The van der Waals surface area contributed by atoms with E-state index < -0.39 is 23.3 Å².